The number of nitrogens with one attached hydrogen (secondary N) is 1. The quantitative estimate of drug-likeness (QED) is 0.847. The molecule has 0 saturated heterocycles. The molecular weight excluding hydrogens is 356 g/mol. The summed E-state index contributed by atoms with van der Waals surface area (Å²) in [4.78, 5) is 4.06. The highest BCUT2D eigenvalue weighted by Gasteiger charge is 2.14. The van der Waals surface area contributed by atoms with Crippen molar-refractivity contribution >= 4 is 31.8 Å². The molecule has 7 heteroatoms. The molecule has 0 spiro atoms. The fraction of sp³-hybridized carbons (Fsp3) is 0.214. The van der Waals surface area contributed by atoms with Gasteiger partial charge in [0.2, 0.25) is 10.0 Å². The molecule has 0 radical (unpaired) electrons. The van der Waals surface area contributed by atoms with Gasteiger partial charge in [-0.05, 0) is 45.6 Å². The molecule has 5 nitrogen and oxygen atoms in total. The third-order valence-electron chi connectivity index (χ3n) is 2.83. The van der Waals surface area contributed by atoms with E-state index in [-0.39, 0.29) is 12.4 Å². The number of halogens is 1. The van der Waals surface area contributed by atoms with E-state index in [4.69, 9.17) is 5.11 Å². The van der Waals surface area contributed by atoms with Crippen LogP contribution in [0.4, 0.5) is 5.82 Å². The van der Waals surface area contributed by atoms with E-state index in [2.05, 4.69) is 25.6 Å². The van der Waals surface area contributed by atoms with E-state index in [9.17, 15) is 8.42 Å². The number of aromatic nitrogens is 1. The van der Waals surface area contributed by atoms with Gasteiger partial charge >= 0.3 is 0 Å². The predicted molar refractivity (Wildman–Crippen MR) is 85.3 cm³/mol. The zero-order valence-corrected chi connectivity index (χ0v) is 13.8. The van der Waals surface area contributed by atoms with Crippen LogP contribution in [0.25, 0.3) is 0 Å². The topological polar surface area (TPSA) is 79.3 Å². The van der Waals surface area contributed by atoms with Gasteiger partial charge in [0.25, 0.3) is 0 Å². The third kappa shape index (κ3) is 4.52. The molecule has 112 valence electrons. The van der Waals surface area contributed by atoms with Crippen molar-refractivity contribution < 1.29 is 13.5 Å². The normalized spacial score (nSPS) is 11.4. The summed E-state index contributed by atoms with van der Waals surface area (Å²) in [6.45, 7) is 1.66. The van der Waals surface area contributed by atoms with Crippen molar-refractivity contribution in [2.75, 3.05) is 4.72 Å². The second kappa shape index (κ2) is 6.55. The number of anilines is 1. The van der Waals surface area contributed by atoms with Crippen LogP contribution in [0.5, 0.6) is 0 Å². The summed E-state index contributed by atoms with van der Waals surface area (Å²) in [6.07, 6.45) is 1.54. The fourth-order valence-electron chi connectivity index (χ4n) is 1.87. The van der Waals surface area contributed by atoms with Crippen molar-refractivity contribution in [2.45, 2.75) is 19.3 Å². The van der Waals surface area contributed by atoms with Crippen molar-refractivity contribution in [2.24, 2.45) is 0 Å². The predicted octanol–water partition coefficient (Wildman–Crippen LogP) is 2.59. The Bertz CT molecular complexity index is 748. The van der Waals surface area contributed by atoms with E-state index in [0.29, 0.717) is 16.9 Å². The highest BCUT2D eigenvalue weighted by atomic mass is 79.9. The van der Waals surface area contributed by atoms with Gasteiger partial charge in [-0.25, -0.2) is 13.4 Å². The van der Waals surface area contributed by atoms with Crippen molar-refractivity contribution in [1.82, 2.24) is 4.98 Å². The number of pyridine rings is 1. The summed E-state index contributed by atoms with van der Waals surface area (Å²) < 4.78 is 27.6. The second-order valence-corrected chi connectivity index (χ2v) is 7.30. The minimum absolute atomic E-state index is 0.116. The third-order valence-corrected chi connectivity index (χ3v) is 4.48. The van der Waals surface area contributed by atoms with Crippen LogP contribution in [-0.4, -0.2) is 18.5 Å². The summed E-state index contributed by atoms with van der Waals surface area (Å²) in [5.74, 6) is 0.148. The lowest BCUT2D eigenvalue weighted by Crippen LogP contribution is -2.16. The summed E-state index contributed by atoms with van der Waals surface area (Å²) in [7, 11) is -3.56. The van der Waals surface area contributed by atoms with E-state index < -0.39 is 10.0 Å². The van der Waals surface area contributed by atoms with Crippen LogP contribution in [0.3, 0.4) is 0 Å². The van der Waals surface area contributed by atoms with Gasteiger partial charge in [0, 0.05) is 10.7 Å². The summed E-state index contributed by atoms with van der Waals surface area (Å²) in [5, 5.41) is 9.08. The van der Waals surface area contributed by atoms with Crippen LogP contribution in [0, 0.1) is 6.92 Å². The molecule has 1 heterocycles. The Balaban J connectivity index is 2.18. The highest BCUT2D eigenvalue weighted by Crippen LogP contribution is 2.19. The van der Waals surface area contributed by atoms with Crippen molar-refractivity contribution in [1.29, 1.82) is 0 Å². The largest absolute Gasteiger partial charge is 0.392 e. The Morgan fingerprint density at radius 3 is 2.67 bits per heavy atom. The molecule has 2 N–H and O–H groups in total. The minimum Gasteiger partial charge on any atom is -0.392 e. The van der Waals surface area contributed by atoms with Crippen molar-refractivity contribution in [3.63, 3.8) is 0 Å². The maximum Gasteiger partial charge on any atom is 0.238 e. The van der Waals surface area contributed by atoms with E-state index in [1.165, 1.54) is 6.20 Å². The first-order chi connectivity index (χ1) is 9.89. The van der Waals surface area contributed by atoms with Gasteiger partial charge in [-0.3, -0.25) is 4.72 Å². The molecule has 0 amide bonds. The Morgan fingerprint density at radius 1 is 1.29 bits per heavy atom. The molecule has 0 atom stereocenters. The summed E-state index contributed by atoms with van der Waals surface area (Å²) in [6, 6.07) is 8.63. The lowest BCUT2D eigenvalue weighted by Gasteiger charge is -2.10. The second-order valence-electron chi connectivity index (χ2n) is 4.66. The molecule has 2 aromatic rings. The highest BCUT2D eigenvalue weighted by molar-refractivity contribution is 9.10. The fourth-order valence-corrected chi connectivity index (χ4v) is 3.51. The van der Waals surface area contributed by atoms with Crippen LogP contribution >= 0.6 is 15.9 Å². The number of rotatable bonds is 5. The van der Waals surface area contributed by atoms with Gasteiger partial charge in [-0.2, -0.15) is 0 Å². The van der Waals surface area contributed by atoms with Crippen molar-refractivity contribution in [3.8, 4) is 0 Å². The Hall–Kier alpha value is -1.44. The number of hydrogen-bond acceptors (Lipinski definition) is 4. The minimum atomic E-state index is -3.56. The lowest BCUT2D eigenvalue weighted by atomic mass is 10.1. The molecule has 0 unspecified atom stereocenters. The van der Waals surface area contributed by atoms with E-state index in [1.54, 1.807) is 37.3 Å². The Morgan fingerprint density at radius 2 is 2.00 bits per heavy atom. The molecule has 0 bridgehead atoms. The number of nitrogens with zero attached hydrogens (tertiary/aromatic N) is 1. The van der Waals surface area contributed by atoms with E-state index in [1.807, 2.05) is 0 Å². The molecule has 21 heavy (non-hydrogen) atoms. The van der Waals surface area contributed by atoms with Crippen LogP contribution in [0.15, 0.2) is 41.0 Å². The molecule has 0 saturated carbocycles. The van der Waals surface area contributed by atoms with Gasteiger partial charge in [-0.15, -0.1) is 0 Å². The summed E-state index contributed by atoms with van der Waals surface area (Å²) in [5.41, 5.74) is 2.03. The van der Waals surface area contributed by atoms with Gasteiger partial charge in [-0.1, -0.05) is 24.3 Å². The standard InChI is InChI=1S/C14H15BrN2O3S/c1-10-5-13(15)7-16-14(10)17-21(19,20)9-12-4-2-3-11(6-12)8-18/h2-7,18H,8-9H2,1H3,(H,16,17). The Labute approximate surface area is 132 Å². The van der Waals surface area contributed by atoms with E-state index >= 15 is 0 Å². The molecule has 2 rings (SSSR count). The summed E-state index contributed by atoms with van der Waals surface area (Å²) >= 11 is 3.28. The molecule has 1 aromatic heterocycles. The van der Waals surface area contributed by atoms with Gasteiger partial charge in [0.1, 0.15) is 5.82 Å². The van der Waals surface area contributed by atoms with E-state index in [0.717, 1.165) is 10.0 Å². The number of benzene rings is 1. The van der Waals surface area contributed by atoms with Crippen LogP contribution in [0.1, 0.15) is 16.7 Å². The van der Waals surface area contributed by atoms with Crippen LogP contribution in [-0.2, 0) is 22.4 Å². The number of hydrogen-bond donors (Lipinski definition) is 2. The van der Waals surface area contributed by atoms with Gasteiger partial charge in [0.15, 0.2) is 0 Å². The first-order valence-electron chi connectivity index (χ1n) is 6.21. The molecule has 0 aliphatic rings. The maximum atomic E-state index is 12.2. The zero-order valence-electron chi connectivity index (χ0n) is 11.4. The Kier molecular flexibility index (Phi) is 4.97. The van der Waals surface area contributed by atoms with Crippen LogP contribution < -0.4 is 4.72 Å². The number of aliphatic hydroxyl groups excluding tert-OH is 1. The average Bonchev–Trinajstić information content (AvgIpc) is 2.41. The van der Waals surface area contributed by atoms with Gasteiger partial charge in [0.05, 0.1) is 12.4 Å². The first kappa shape index (κ1) is 15.9. The monoisotopic (exact) mass is 370 g/mol. The van der Waals surface area contributed by atoms with Crippen molar-refractivity contribution in [3.05, 3.63) is 57.7 Å². The maximum absolute atomic E-state index is 12.2. The smallest absolute Gasteiger partial charge is 0.238 e. The zero-order chi connectivity index (χ0) is 15.5. The number of aryl methyl sites for hydroxylation is 1. The van der Waals surface area contributed by atoms with Crippen LogP contribution in [0.2, 0.25) is 0 Å². The first-order valence-corrected chi connectivity index (χ1v) is 8.65. The molecule has 1 aromatic carbocycles. The number of sulfonamides is 1. The van der Waals surface area contributed by atoms with Gasteiger partial charge < -0.3 is 5.11 Å². The number of aliphatic hydroxyl groups is 1. The lowest BCUT2D eigenvalue weighted by molar-refractivity contribution is 0.282. The molecule has 0 aliphatic carbocycles. The molecular formula is C14H15BrN2O3S. The SMILES string of the molecule is Cc1cc(Br)cnc1NS(=O)(=O)Cc1cccc(CO)c1. The molecule has 0 aliphatic heterocycles. The average molecular weight is 371 g/mol. The molecule has 0 fully saturated rings.